The molecule has 3 heteroatoms. The van der Waals surface area contributed by atoms with Gasteiger partial charge in [-0.2, -0.15) is 0 Å². The maximum atomic E-state index is 13.8. The van der Waals surface area contributed by atoms with Gasteiger partial charge >= 0.3 is 0 Å². The van der Waals surface area contributed by atoms with Crippen molar-refractivity contribution < 1.29 is 4.39 Å². The predicted octanol–water partition coefficient (Wildman–Crippen LogP) is 4.69. The van der Waals surface area contributed by atoms with Gasteiger partial charge in [-0.25, -0.2) is 4.39 Å². The van der Waals surface area contributed by atoms with E-state index in [1.54, 1.807) is 6.07 Å². The molecule has 3 aromatic carbocycles. The largest absolute Gasteiger partial charge is 0.330 e. The predicted molar refractivity (Wildman–Crippen MR) is 93.1 cm³/mol. The summed E-state index contributed by atoms with van der Waals surface area (Å²) >= 11 is 0. The summed E-state index contributed by atoms with van der Waals surface area (Å²) in [4.78, 5) is 0. The van der Waals surface area contributed by atoms with Crippen LogP contribution in [-0.2, 0) is 6.42 Å². The van der Waals surface area contributed by atoms with Crippen molar-refractivity contribution in [2.75, 3.05) is 6.54 Å². The van der Waals surface area contributed by atoms with Crippen LogP contribution in [0, 0.1) is 5.82 Å². The van der Waals surface area contributed by atoms with E-state index in [4.69, 9.17) is 5.73 Å². The van der Waals surface area contributed by atoms with Crippen LogP contribution in [0.1, 0.15) is 17.0 Å². The molecular weight excluding hydrogens is 297 g/mol. The maximum Gasteiger partial charge on any atom is 0.126 e. The zero-order valence-electron chi connectivity index (χ0n) is 12.2. The van der Waals surface area contributed by atoms with Crippen LogP contribution in [0.4, 0.5) is 4.39 Å². The Hall–Kier alpha value is -1.90. The summed E-state index contributed by atoms with van der Waals surface area (Å²) in [6.45, 7) is 0.507. The molecule has 114 valence electrons. The summed E-state index contributed by atoms with van der Waals surface area (Å²) in [7, 11) is 0. The lowest BCUT2D eigenvalue weighted by atomic mass is 9.90. The zero-order valence-corrected chi connectivity index (χ0v) is 13.0. The van der Waals surface area contributed by atoms with Crippen molar-refractivity contribution in [2.45, 2.75) is 12.3 Å². The van der Waals surface area contributed by atoms with Crippen molar-refractivity contribution in [3.8, 4) is 0 Å². The van der Waals surface area contributed by atoms with Crippen LogP contribution >= 0.6 is 12.4 Å². The summed E-state index contributed by atoms with van der Waals surface area (Å²) < 4.78 is 13.8. The van der Waals surface area contributed by atoms with E-state index in [-0.39, 0.29) is 24.1 Å². The molecule has 0 fully saturated rings. The molecule has 0 saturated carbocycles. The Morgan fingerprint density at radius 2 is 1.55 bits per heavy atom. The second-order valence-corrected chi connectivity index (χ2v) is 5.33. The second kappa shape index (κ2) is 7.39. The summed E-state index contributed by atoms with van der Waals surface area (Å²) in [6.07, 6.45) is 0.627. The Labute approximate surface area is 136 Å². The third kappa shape index (κ3) is 3.46. The molecule has 0 radical (unpaired) electrons. The van der Waals surface area contributed by atoms with Gasteiger partial charge in [0.15, 0.2) is 0 Å². The van der Waals surface area contributed by atoms with Gasteiger partial charge in [-0.05, 0) is 40.9 Å². The summed E-state index contributed by atoms with van der Waals surface area (Å²) in [5, 5.41) is 2.41. The fourth-order valence-electron chi connectivity index (χ4n) is 2.73. The smallest absolute Gasteiger partial charge is 0.126 e. The fourth-order valence-corrected chi connectivity index (χ4v) is 2.73. The van der Waals surface area contributed by atoms with Gasteiger partial charge in [0.25, 0.3) is 0 Å². The quantitative estimate of drug-likeness (QED) is 0.743. The molecule has 0 bridgehead atoms. The number of halogens is 2. The van der Waals surface area contributed by atoms with Gasteiger partial charge in [-0.15, -0.1) is 12.4 Å². The van der Waals surface area contributed by atoms with Gasteiger partial charge in [-0.1, -0.05) is 60.7 Å². The van der Waals surface area contributed by atoms with E-state index in [2.05, 4.69) is 30.3 Å². The third-order valence-corrected chi connectivity index (χ3v) is 3.95. The van der Waals surface area contributed by atoms with Crippen molar-refractivity contribution in [2.24, 2.45) is 5.73 Å². The Morgan fingerprint density at radius 1 is 0.864 bits per heavy atom. The van der Waals surface area contributed by atoms with Crippen LogP contribution in [-0.4, -0.2) is 6.54 Å². The average Bonchev–Trinajstić information content (AvgIpc) is 2.54. The molecular formula is C19H19ClFN. The maximum absolute atomic E-state index is 13.8. The van der Waals surface area contributed by atoms with Crippen LogP contribution in [0.2, 0.25) is 0 Å². The first-order valence-electron chi connectivity index (χ1n) is 7.20. The van der Waals surface area contributed by atoms with E-state index >= 15 is 0 Å². The molecule has 0 aliphatic carbocycles. The van der Waals surface area contributed by atoms with Gasteiger partial charge in [0.1, 0.15) is 5.82 Å². The molecule has 0 aliphatic heterocycles. The van der Waals surface area contributed by atoms with E-state index < -0.39 is 0 Å². The van der Waals surface area contributed by atoms with Gasteiger partial charge < -0.3 is 5.73 Å². The van der Waals surface area contributed by atoms with Crippen molar-refractivity contribution in [3.63, 3.8) is 0 Å². The molecule has 0 unspecified atom stereocenters. The Morgan fingerprint density at radius 3 is 2.27 bits per heavy atom. The molecule has 22 heavy (non-hydrogen) atoms. The number of fused-ring (bicyclic) bond motifs is 1. The van der Waals surface area contributed by atoms with Crippen LogP contribution in [0.3, 0.4) is 0 Å². The molecule has 0 aliphatic rings. The molecule has 3 aromatic rings. The van der Waals surface area contributed by atoms with Gasteiger partial charge in [0, 0.05) is 5.92 Å². The van der Waals surface area contributed by atoms with Crippen LogP contribution < -0.4 is 5.73 Å². The summed E-state index contributed by atoms with van der Waals surface area (Å²) in [5.41, 5.74) is 7.81. The number of rotatable bonds is 4. The fraction of sp³-hybridized carbons (Fsp3) is 0.158. The van der Waals surface area contributed by atoms with Crippen molar-refractivity contribution in [1.82, 2.24) is 0 Å². The lowest BCUT2D eigenvalue weighted by Gasteiger charge is -2.16. The van der Waals surface area contributed by atoms with Crippen LogP contribution in [0.5, 0.6) is 0 Å². The lowest BCUT2D eigenvalue weighted by Crippen LogP contribution is -2.15. The van der Waals surface area contributed by atoms with Crippen LogP contribution in [0.25, 0.3) is 10.8 Å². The molecule has 1 atom stereocenters. The molecule has 0 saturated heterocycles. The first-order chi connectivity index (χ1) is 10.3. The van der Waals surface area contributed by atoms with Crippen molar-refractivity contribution in [3.05, 3.63) is 83.7 Å². The molecule has 3 rings (SSSR count). The highest BCUT2D eigenvalue weighted by molar-refractivity contribution is 5.85. The average molecular weight is 316 g/mol. The minimum atomic E-state index is -0.156. The molecule has 0 amide bonds. The molecule has 0 aromatic heterocycles. The normalized spacial score (nSPS) is 11.9. The zero-order chi connectivity index (χ0) is 14.7. The van der Waals surface area contributed by atoms with Crippen LogP contribution in [0.15, 0.2) is 66.7 Å². The molecule has 2 N–H and O–H groups in total. The Bertz CT molecular complexity index is 757. The van der Waals surface area contributed by atoms with Crippen molar-refractivity contribution in [1.29, 1.82) is 0 Å². The minimum Gasteiger partial charge on any atom is -0.330 e. The monoisotopic (exact) mass is 315 g/mol. The first-order valence-corrected chi connectivity index (χ1v) is 7.20. The number of hydrogen-bond donors (Lipinski definition) is 1. The first kappa shape index (κ1) is 16.5. The van der Waals surface area contributed by atoms with Gasteiger partial charge in [0.2, 0.25) is 0 Å². The highest BCUT2D eigenvalue weighted by atomic mass is 35.5. The molecule has 0 heterocycles. The Kier molecular flexibility index (Phi) is 5.53. The summed E-state index contributed by atoms with van der Waals surface area (Å²) in [5.74, 6) is -0.0248. The topological polar surface area (TPSA) is 26.0 Å². The number of benzene rings is 3. The highest BCUT2D eigenvalue weighted by Gasteiger charge is 2.13. The number of hydrogen-bond acceptors (Lipinski definition) is 1. The van der Waals surface area contributed by atoms with E-state index in [0.717, 1.165) is 5.56 Å². The lowest BCUT2D eigenvalue weighted by molar-refractivity contribution is 0.590. The van der Waals surface area contributed by atoms with Gasteiger partial charge in [0.05, 0.1) is 0 Å². The van der Waals surface area contributed by atoms with E-state index in [0.29, 0.717) is 13.0 Å². The van der Waals surface area contributed by atoms with Gasteiger partial charge in [-0.3, -0.25) is 0 Å². The van der Waals surface area contributed by atoms with E-state index in [9.17, 15) is 4.39 Å². The van der Waals surface area contributed by atoms with E-state index in [1.807, 2.05) is 24.3 Å². The third-order valence-electron chi connectivity index (χ3n) is 3.95. The molecule has 0 spiro atoms. The number of nitrogens with two attached hydrogens (primary N) is 1. The van der Waals surface area contributed by atoms with E-state index in [1.165, 1.54) is 22.4 Å². The SMILES string of the molecule is Cl.NC[C@@H](Cc1ccccc1F)c1ccc2ccccc2c1. The summed E-state index contributed by atoms with van der Waals surface area (Å²) in [6, 6.07) is 21.5. The highest BCUT2D eigenvalue weighted by Crippen LogP contribution is 2.25. The minimum absolute atomic E-state index is 0. The molecule has 1 nitrogen and oxygen atoms in total. The second-order valence-electron chi connectivity index (χ2n) is 5.33. The standard InChI is InChI=1S/C19H18FN.ClH/c20-19-8-4-3-7-17(19)12-18(13-21)16-10-9-14-5-1-2-6-15(14)11-16;/h1-11,18H,12-13,21H2;1H/t18-;/m1./s1. The Balaban J connectivity index is 0.00000176. The van der Waals surface area contributed by atoms with Crippen molar-refractivity contribution >= 4 is 23.2 Å².